The maximum atomic E-state index is 12.5. The summed E-state index contributed by atoms with van der Waals surface area (Å²) in [5, 5.41) is 3.40. The van der Waals surface area contributed by atoms with Crippen molar-refractivity contribution in [2.75, 3.05) is 30.4 Å². The fourth-order valence-electron chi connectivity index (χ4n) is 2.92. The lowest BCUT2D eigenvalue weighted by Gasteiger charge is -2.21. The molecule has 2 aromatic carbocycles. The van der Waals surface area contributed by atoms with Gasteiger partial charge in [0.2, 0.25) is 0 Å². The maximum Gasteiger partial charge on any atom is 0.349 e. The first-order valence-corrected chi connectivity index (χ1v) is 8.84. The van der Waals surface area contributed by atoms with Crippen molar-refractivity contribution in [3.63, 3.8) is 0 Å². The number of carbonyl (C=O) groups excluding carboxylic acids is 1. The van der Waals surface area contributed by atoms with Crippen LogP contribution in [0.15, 0.2) is 57.7 Å². The number of hydrogen-bond acceptors (Lipinski definition) is 5. The van der Waals surface area contributed by atoms with E-state index in [4.69, 9.17) is 9.15 Å². The Morgan fingerprint density at radius 2 is 1.78 bits per heavy atom. The van der Waals surface area contributed by atoms with Crippen molar-refractivity contribution < 1.29 is 13.9 Å². The van der Waals surface area contributed by atoms with Gasteiger partial charge in [-0.2, -0.15) is 0 Å². The lowest BCUT2D eigenvalue weighted by Crippen LogP contribution is -2.22. The summed E-state index contributed by atoms with van der Waals surface area (Å²) in [6.07, 6.45) is 0. The van der Waals surface area contributed by atoms with Gasteiger partial charge < -0.3 is 19.4 Å². The Hall–Kier alpha value is -3.28. The van der Waals surface area contributed by atoms with Gasteiger partial charge >= 0.3 is 5.63 Å². The van der Waals surface area contributed by atoms with E-state index in [2.05, 4.69) is 24.1 Å². The van der Waals surface area contributed by atoms with Crippen LogP contribution in [0.25, 0.3) is 11.0 Å². The van der Waals surface area contributed by atoms with Crippen molar-refractivity contribution >= 4 is 28.3 Å². The van der Waals surface area contributed by atoms with Crippen molar-refractivity contribution in [3.05, 3.63) is 64.5 Å². The summed E-state index contributed by atoms with van der Waals surface area (Å²) < 4.78 is 10.5. The molecular weight excluding hydrogens is 344 g/mol. The number of carbonyl (C=O) groups is 1. The highest BCUT2D eigenvalue weighted by atomic mass is 16.5. The Balaban J connectivity index is 1.90. The number of nitrogens with zero attached hydrogens (tertiary/aromatic N) is 1. The third-order valence-electron chi connectivity index (χ3n) is 4.44. The molecule has 1 heterocycles. The predicted octanol–water partition coefficient (Wildman–Crippen LogP) is 3.90. The third-order valence-corrected chi connectivity index (χ3v) is 4.44. The maximum absolute atomic E-state index is 12.5. The van der Waals surface area contributed by atoms with E-state index in [1.165, 1.54) is 0 Å². The van der Waals surface area contributed by atoms with Gasteiger partial charge in [-0.1, -0.05) is 0 Å². The Morgan fingerprint density at radius 1 is 1.07 bits per heavy atom. The molecule has 0 saturated carbocycles. The van der Waals surface area contributed by atoms with Crippen LogP contribution in [0, 0.1) is 0 Å². The lowest BCUT2D eigenvalue weighted by atomic mass is 10.1. The lowest BCUT2D eigenvalue weighted by molar-refractivity contribution is 0.102. The molecule has 6 nitrogen and oxygen atoms in total. The molecule has 3 rings (SSSR count). The normalized spacial score (nSPS) is 10.6. The topological polar surface area (TPSA) is 71.8 Å². The van der Waals surface area contributed by atoms with E-state index >= 15 is 0 Å². The predicted molar refractivity (Wildman–Crippen MR) is 107 cm³/mol. The molecule has 0 unspecified atom stereocenters. The molecule has 0 aliphatic rings. The number of ether oxygens (including phenoxy) is 1. The standard InChI is InChI=1S/C21H22N2O4/c1-4-23(5-2)16-9-6-14-12-18(21(25)27-19(14)13-16)20(24)22-15-7-10-17(26-3)11-8-15/h6-13H,4-5H2,1-3H3,(H,22,24). The van der Waals surface area contributed by atoms with Crippen LogP contribution in [0.1, 0.15) is 24.2 Å². The van der Waals surface area contributed by atoms with Crippen LogP contribution in [0.2, 0.25) is 0 Å². The first-order chi connectivity index (χ1) is 13.0. The molecule has 1 aromatic heterocycles. The molecule has 0 atom stereocenters. The number of fused-ring (bicyclic) bond motifs is 1. The van der Waals surface area contributed by atoms with Gasteiger partial charge in [0.15, 0.2) is 0 Å². The number of amides is 1. The van der Waals surface area contributed by atoms with E-state index in [9.17, 15) is 9.59 Å². The zero-order valence-electron chi connectivity index (χ0n) is 15.6. The minimum Gasteiger partial charge on any atom is -0.497 e. The largest absolute Gasteiger partial charge is 0.497 e. The zero-order valence-corrected chi connectivity index (χ0v) is 15.6. The van der Waals surface area contributed by atoms with Crippen LogP contribution >= 0.6 is 0 Å². The van der Waals surface area contributed by atoms with Crippen LogP contribution in [0.5, 0.6) is 5.75 Å². The van der Waals surface area contributed by atoms with Crippen LogP contribution in [-0.4, -0.2) is 26.1 Å². The second-order valence-electron chi connectivity index (χ2n) is 6.02. The smallest absolute Gasteiger partial charge is 0.349 e. The summed E-state index contributed by atoms with van der Waals surface area (Å²) in [5.41, 5.74) is 1.31. The van der Waals surface area contributed by atoms with Crippen LogP contribution in [0.4, 0.5) is 11.4 Å². The van der Waals surface area contributed by atoms with Crippen LogP contribution in [-0.2, 0) is 0 Å². The summed E-state index contributed by atoms with van der Waals surface area (Å²) in [5.74, 6) is 0.172. The Morgan fingerprint density at radius 3 is 2.41 bits per heavy atom. The average Bonchev–Trinajstić information content (AvgIpc) is 2.68. The van der Waals surface area contributed by atoms with E-state index in [0.29, 0.717) is 22.4 Å². The third kappa shape index (κ3) is 3.95. The summed E-state index contributed by atoms with van der Waals surface area (Å²) >= 11 is 0. The van der Waals surface area contributed by atoms with Gasteiger partial charge in [0, 0.05) is 35.9 Å². The van der Waals surface area contributed by atoms with Crippen molar-refractivity contribution in [2.24, 2.45) is 0 Å². The van der Waals surface area contributed by atoms with Crippen LogP contribution in [0.3, 0.4) is 0 Å². The number of hydrogen-bond donors (Lipinski definition) is 1. The molecular formula is C21H22N2O4. The summed E-state index contributed by atoms with van der Waals surface area (Å²) in [6, 6.07) is 14.1. The highest BCUT2D eigenvalue weighted by molar-refractivity contribution is 6.05. The number of methoxy groups -OCH3 is 1. The minimum atomic E-state index is -0.662. The molecule has 27 heavy (non-hydrogen) atoms. The minimum absolute atomic E-state index is 0.0334. The Kier molecular flexibility index (Phi) is 5.45. The van der Waals surface area contributed by atoms with Gasteiger partial charge in [0.25, 0.3) is 5.91 Å². The van der Waals surface area contributed by atoms with Gasteiger partial charge in [-0.15, -0.1) is 0 Å². The molecule has 140 valence electrons. The quantitative estimate of drug-likeness (QED) is 0.670. The van der Waals surface area contributed by atoms with Gasteiger partial charge in [-0.3, -0.25) is 4.79 Å². The highest BCUT2D eigenvalue weighted by Crippen LogP contribution is 2.22. The summed E-state index contributed by atoms with van der Waals surface area (Å²) in [4.78, 5) is 27.0. The molecule has 6 heteroatoms. The van der Waals surface area contributed by atoms with Gasteiger partial charge in [-0.25, -0.2) is 4.79 Å². The van der Waals surface area contributed by atoms with E-state index in [1.54, 1.807) is 37.4 Å². The second kappa shape index (κ2) is 7.95. The fourth-order valence-corrected chi connectivity index (χ4v) is 2.92. The summed E-state index contributed by atoms with van der Waals surface area (Å²) in [6.45, 7) is 5.84. The van der Waals surface area contributed by atoms with Crippen molar-refractivity contribution in [1.82, 2.24) is 0 Å². The van der Waals surface area contributed by atoms with Gasteiger partial charge in [0.05, 0.1) is 7.11 Å². The van der Waals surface area contributed by atoms with Crippen LogP contribution < -0.4 is 20.6 Å². The fraction of sp³-hybridized carbons (Fsp3) is 0.238. The molecule has 1 amide bonds. The first-order valence-electron chi connectivity index (χ1n) is 8.84. The first kappa shape index (κ1) is 18.5. The highest BCUT2D eigenvalue weighted by Gasteiger charge is 2.15. The van der Waals surface area contributed by atoms with Crippen molar-refractivity contribution in [3.8, 4) is 5.75 Å². The molecule has 1 N–H and O–H groups in total. The average molecular weight is 366 g/mol. The molecule has 0 fully saturated rings. The van der Waals surface area contributed by atoms with Crippen molar-refractivity contribution in [2.45, 2.75) is 13.8 Å². The number of nitrogens with one attached hydrogen (secondary N) is 1. The summed E-state index contributed by atoms with van der Waals surface area (Å²) in [7, 11) is 1.57. The van der Waals surface area contributed by atoms with E-state index < -0.39 is 11.5 Å². The second-order valence-corrected chi connectivity index (χ2v) is 6.02. The van der Waals surface area contributed by atoms with E-state index in [-0.39, 0.29) is 5.56 Å². The van der Waals surface area contributed by atoms with E-state index in [0.717, 1.165) is 18.8 Å². The Bertz CT molecular complexity index is 1000. The van der Waals surface area contributed by atoms with Gasteiger partial charge in [-0.05, 0) is 56.3 Å². The zero-order chi connectivity index (χ0) is 19.4. The molecule has 0 bridgehead atoms. The SMILES string of the molecule is CCN(CC)c1ccc2cc(C(=O)Nc3ccc(OC)cc3)c(=O)oc2c1. The molecule has 0 aliphatic carbocycles. The Labute approximate surface area is 157 Å². The monoisotopic (exact) mass is 366 g/mol. The number of benzene rings is 2. The molecule has 0 radical (unpaired) electrons. The van der Waals surface area contributed by atoms with Crippen molar-refractivity contribution in [1.29, 1.82) is 0 Å². The number of rotatable bonds is 6. The molecule has 0 aliphatic heterocycles. The molecule has 0 spiro atoms. The molecule has 0 saturated heterocycles. The van der Waals surface area contributed by atoms with E-state index in [1.807, 2.05) is 18.2 Å². The molecule has 3 aromatic rings. The van der Waals surface area contributed by atoms with Gasteiger partial charge in [0.1, 0.15) is 16.9 Å². The number of anilines is 2.